The summed E-state index contributed by atoms with van der Waals surface area (Å²) in [5.74, 6) is 0. The molecule has 2 N–H and O–H groups in total. The molecule has 0 saturated carbocycles. The second kappa shape index (κ2) is 5.29. The molecule has 0 amide bonds. The van der Waals surface area contributed by atoms with Crippen molar-refractivity contribution in [2.75, 3.05) is 33.7 Å². The number of hydrogen-bond donors (Lipinski definition) is 2. The Morgan fingerprint density at radius 2 is 2.18 bits per heavy atom. The van der Waals surface area contributed by atoms with Gasteiger partial charge in [0.25, 0.3) is 0 Å². The van der Waals surface area contributed by atoms with Crippen LogP contribution in [-0.2, 0) is 0 Å². The highest BCUT2D eigenvalue weighted by molar-refractivity contribution is 4.68. The zero-order chi connectivity index (χ0) is 8.74. The van der Waals surface area contributed by atoms with E-state index in [0.29, 0.717) is 0 Å². The van der Waals surface area contributed by atoms with E-state index in [2.05, 4.69) is 11.9 Å². The second-order valence-corrected chi connectivity index (χ2v) is 3.19. The minimum atomic E-state index is 0.0514. The van der Waals surface area contributed by atoms with Crippen molar-refractivity contribution in [3.63, 3.8) is 0 Å². The van der Waals surface area contributed by atoms with Crippen LogP contribution in [-0.4, -0.2) is 43.6 Å². The quantitative estimate of drug-likeness (QED) is 0.258. The van der Waals surface area contributed by atoms with E-state index in [1.165, 1.54) is 0 Å². The molecule has 0 aromatic carbocycles. The van der Waals surface area contributed by atoms with Crippen molar-refractivity contribution in [1.29, 1.82) is 0 Å². The molecule has 0 aliphatic rings. The van der Waals surface area contributed by atoms with Gasteiger partial charge in [-0.25, -0.2) is 5.21 Å². The maximum Gasteiger partial charge on any atom is 0.109 e. The average molecular weight is 159 g/mol. The van der Waals surface area contributed by atoms with Gasteiger partial charge < -0.3 is 5.32 Å². The summed E-state index contributed by atoms with van der Waals surface area (Å²) in [5, 5.41) is 12.4. The minimum Gasteiger partial charge on any atom is -0.313 e. The Morgan fingerprint density at radius 1 is 1.55 bits per heavy atom. The lowest BCUT2D eigenvalue weighted by Gasteiger charge is -2.19. The molecule has 0 rings (SSSR count). The summed E-state index contributed by atoms with van der Waals surface area (Å²) in [5.41, 5.74) is 0. The topological polar surface area (TPSA) is 32.3 Å². The summed E-state index contributed by atoms with van der Waals surface area (Å²) < 4.78 is 0.0514. The first-order chi connectivity index (χ1) is 5.06. The highest BCUT2D eigenvalue weighted by atomic mass is 16.5. The maximum atomic E-state index is 9.26. The Morgan fingerprint density at radius 3 is 2.64 bits per heavy atom. The Balaban J connectivity index is 3.08. The van der Waals surface area contributed by atoms with Gasteiger partial charge in [-0.15, -0.1) is 6.58 Å². The summed E-state index contributed by atoms with van der Waals surface area (Å²) in [6.07, 6.45) is 2.82. The normalized spacial score (nSPS) is 11.5. The number of hydrogen-bond acceptors (Lipinski definition) is 2. The fourth-order valence-electron chi connectivity index (χ4n) is 0.795. The van der Waals surface area contributed by atoms with Crippen molar-refractivity contribution in [1.82, 2.24) is 5.32 Å². The third-order valence-corrected chi connectivity index (χ3v) is 1.35. The first-order valence-electron chi connectivity index (χ1n) is 3.93. The molecule has 3 heteroatoms. The Bertz CT molecular complexity index is 107. The molecule has 0 atom stereocenters. The van der Waals surface area contributed by atoms with Crippen LogP contribution in [0, 0.1) is 0 Å². The van der Waals surface area contributed by atoms with Crippen LogP contribution in [0.1, 0.15) is 6.42 Å². The molecule has 11 heavy (non-hydrogen) atoms. The predicted octanol–water partition coefficient (Wildman–Crippen LogP) is 0.618. The van der Waals surface area contributed by atoms with Crippen LogP contribution in [0.3, 0.4) is 0 Å². The van der Waals surface area contributed by atoms with Gasteiger partial charge in [-0.1, -0.05) is 6.08 Å². The van der Waals surface area contributed by atoms with E-state index < -0.39 is 0 Å². The molecular formula is C8H19N2O+. The summed E-state index contributed by atoms with van der Waals surface area (Å²) in [4.78, 5) is 0. The lowest BCUT2D eigenvalue weighted by molar-refractivity contribution is -1.07. The standard InChI is InChI=1S/C8H19N2O/c1-4-6-9-7-5-8-10(2,3)11/h4,9,11H,1,5-8H2,2-3H3/q+1. The fraction of sp³-hybridized carbons (Fsp3) is 0.750. The number of nitrogens with one attached hydrogen (secondary N) is 1. The van der Waals surface area contributed by atoms with E-state index in [1.54, 1.807) is 14.1 Å². The minimum absolute atomic E-state index is 0.0514. The van der Waals surface area contributed by atoms with E-state index in [1.807, 2.05) is 6.08 Å². The zero-order valence-corrected chi connectivity index (χ0v) is 7.51. The van der Waals surface area contributed by atoms with Crippen LogP contribution in [0.5, 0.6) is 0 Å². The molecular weight excluding hydrogens is 140 g/mol. The number of rotatable bonds is 6. The van der Waals surface area contributed by atoms with Crippen molar-refractivity contribution in [3.05, 3.63) is 12.7 Å². The van der Waals surface area contributed by atoms with Gasteiger partial charge in [-0.05, 0) is 0 Å². The number of quaternary nitrogens is 1. The molecule has 0 aromatic rings. The van der Waals surface area contributed by atoms with Gasteiger partial charge >= 0.3 is 0 Å². The van der Waals surface area contributed by atoms with Gasteiger partial charge in [0.15, 0.2) is 0 Å². The van der Waals surface area contributed by atoms with E-state index >= 15 is 0 Å². The molecule has 3 nitrogen and oxygen atoms in total. The Kier molecular flexibility index (Phi) is 5.11. The SMILES string of the molecule is C=CCNCCC[N+](C)(C)O. The van der Waals surface area contributed by atoms with E-state index in [9.17, 15) is 5.21 Å². The summed E-state index contributed by atoms with van der Waals surface area (Å²) in [6.45, 7) is 6.16. The van der Waals surface area contributed by atoms with Crippen molar-refractivity contribution in [3.8, 4) is 0 Å². The molecule has 0 bridgehead atoms. The highest BCUT2D eigenvalue weighted by Gasteiger charge is 2.07. The van der Waals surface area contributed by atoms with Crippen LogP contribution in [0.25, 0.3) is 0 Å². The van der Waals surface area contributed by atoms with Gasteiger partial charge in [0.1, 0.15) is 6.54 Å². The van der Waals surface area contributed by atoms with Gasteiger partial charge in [-0.3, -0.25) is 0 Å². The molecule has 0 heterocycles. The predicted molar refractivity (Wildman–Crippen MR) is 46.4 cm³/mol. The summed E-state index contributed by atoms with van der Waals surface area (Å²) in [7, 11) is 3.54. The third-order valence-electron chi connectivity index (χ3n) is 1.35. The van der Waals surface area contributed by atoms with Crippen LogP contribution in [0.2, 0.25) is 0 Å². The molecule has 0 fully saturated rings. The third kappa shape index (κ3) is 9.62. The van der Waals surface area contributed by atoms with Crippen LogP contribution < -0.4 is 5.32 Å². The molecule has 0 spiro atoms. The Hall–Kier alpha value is -0.380. The fourth-order valence-corrected chi connectivity index (χ4v) is 0.795. The number of hydroxylamine groups is 3. The van der Waals surface area contributed by atoms with Crippen LogP contribution in [0.4, 0.5) is 0 Å². The van der Waals surface area contributed by atoms with Gasteiger partial charge in [-0.2, -0.15) is 4.65 Å². The van der Waals surface area contributed by atoms with Crippen molar-refractivity contribution in [2.45, 2.75) is 6.42 Å². The first-order valence-corrected chi connectivity index (χ1v) is 3.93. The highest BCUT2D eigenvalue weighted by Crippen LogP contribution is 1.90. The number of nitrogens with zero attached hydrogens (tertiary/aromatic N) is 1. The van der Waals surface area contributed by atoms with Crippen LogP contribution >= 0.6 is 0 Å². The van der Waals surface area contributed by atoms with Crippen molar-refractivity contribution < 1.29 is 9.85 Å². The maximum absolute atomic E-state index is 9.26. The molecule has 0 aromatic heterocycles. The smallest absolute Gasteiger partial charge is 0.109 e. The van der Waals surface area contributed by atoms with Gasteiger partial charge in [0.05, 0.1) is 14.1 Å². The summed E-state index contributed by atoms with van der Waals surface area (Å²) >= 11 is 0. The molecule has 0 aliphatic heterocycles. The largest absolute Gasteiger partial charge is 0.313 e. The second-order valence-electron chi connectivity index (χ2n) is 3.19. The van der Waals surface area contributed by atoms with Gasteiger partial charge in [0.2, 0.25) is 0 Å². The molecule has 0 saturated heterocycles. The average Bonchev–Trinajstić information content (AvgIpc) is 1.85. The van der Waals surface area contributed by atoms with Gasteiger partial charge in [0, 0.05) is 19.5 Å². The molecule has 0 aliphatic carbocycles. The monoisotopic (exact) mass is 159 g/mol. The van der Waals surface area contributed by atoms with Crippen molar-refractivity contribution in [2.24, 2.45) is 0 Å². The first kappa shape index (κ1) is 10.6. The lowest BCUT2D eigenvalue weighted by Crippen LogP contribution is -2.37. The molecule has 0 radical (unpaired) electrons. The zero-order valence-electron chi connectivity index (χ0n) is 7.51. The molecule has 0 unspecified atom stereocenters. The van der Waals surface area contributed by atoms with E-state index in [0.717, 1.165) is 26.1 Å². The van der Waals surface area contributed by atoms with Crippen molar-refractivity contribution >= 4 is 0 Å². The lowest BCUT2D eigenvalue weighted by atomic mass is 10.4. The molecule has 66 valence electrons. The summed E-state index contributed by atoms with van der Waals surface area (Å²) in [6, 6.07) is 0. The Labute approximate surface area is 68.9 Å². The van der Waals surface area contributed by atoms with Crippen LogP contribution in [0.15, 0.2) is 12.7 Å². The van der Waals surface area contributed by atoms with E-state index in [-0.39, 0.29) is 4.65 Å². The van der Waals surface area contributed by atoms with E-state index in [4.69, 9.17) is 0 Å².